The van der Waals surface area contributed by atoms with Gasteiger partial charge in [-0.1, -0.05) is 37.2 Å². The zero-order valence-corrected chi connectivity index (χ0v) is 37.1. The highest BCUT2D eigenvalue weighted by molar-refractivity contribution is 7.90. The third-order valence-corrected chi connectivity index (χ3v) is 15.3. The molecule has 1 N–H and O–H groups in total. The number of fused-ring (bicyclic) bond motifs is 2. The summed E-state index contributed by atoms with van der Waals surface area (Å²) in [5.74, 6) is -0.218. The van der Waals surface area contributed by atoms with Gasteiger partial charge in [0.1, 0.15) is 22.9 Å². The topological polar surface area (TPSA) is 172 Å². The third kappa shape index (κ3) is 6.78. The normalized spacial score (nSPS) is 20.2. The van der Waals surface area contributed by atoms with E-state index in [1.807, 2.05) is 17.6 Å². The van der Waals surface area contributed by atoms with E-state index in [9.17, 15) is 18.0 Å². The third-order valence-electron chi connectivity index (χ3n) is 13.7. The van der Waals surface area contributed by atoms with Gasteiger partial charge < -0.3 is 14.2 Å². The molecule has 1 saturated carbocycles. The number of carbonyl (C=O) groups is 1. The van der Waals surface area contributed by atoms with Crippen LogP contribution >= 0.6 is 0 Å². The van der Waals surface area contributed by atoms with Crippen molar-refractivity contribution in [2.24, 2.45) is 5.92 Å². The Morgan fingerprint density at radius 2 is 1.66 bits per heavy atom. The minimum absolute atomic E-state index is 0.0138. The number of aromatic nitrogens is 7. The van der Waals surface area contributed by atoms with E-state index in [4.69, 9.17) is 14.4 Å². The van der Waals surface area contributed by atoms with Crippen LogP contribution in [-0.2, 0) is 32.3 Å². The summed E-state index contributed by atoms with van der Waals surface area (Å²) in [6, 6.07) is 17.9. The van der Waals surface area contributed by atoms with E-state index in [0.717, 1.165) is 23.7 Å². The van der Waals surface area contributed by atoms with Crippen molar-refractivity contribution in [1.29, 1.82) is 0 Å². The largest absolute Gasteiger partial charge is 0.438 e. The highest BCUT2D eigenvalue weighted by Crippen LogP contribution is 2.56. The fraction of sp³-hybridized carbons (Fsp3) is 0.383. The molecule has 0 bridgehead atoms. The van der Waals surface area contributed by atoms with Crippen LogP contribution in [0.4, 0.5) is 4.39 Å². The number of ether oxygens (including phenoxy) is 1. The number of hydrogen-bond donors (Lipinski definition) is 1. The Kier molecular flexibility index (Phi) is 10.0. The van der Waals surface area contributed by atoms with E-state index >= 15 is 9.18 Å². The summed E-state index contributed by atoms with van der Waals surface area (Å²) in [4.78, 5) is 47.0. The molecular formula is C47H49FN8O7S. The van der Waals surface area contributed by atoms with E-state index < -0.39 is 32.9 Å². The van der Waals surface area contributed by atoms with Crippen LogP contribution < -0.4 is 11.4 Å². The lowest BCUT2D eigenvalue weighted by atomic mass is 9.91. The predicted octanol–water partition coefficient (Wildman–Crippen LogP) is 6.57. The summed E-state index contributed by atoms with van der Waals surface area (Å²) in [7, 11) is -3.26. The standard InChI is InChI=1S/C47H49FN8O7S/c1-6-64(60,61)26-31-7-10-35(11-8-31)53-17-18-54(46(53)59)42-40-30(5)52(16-13-37(40)50-56(42)36-21-27(2)41(48)28(3)22-36)43(57)39-24-34-23-33(32-14-19-62-20-15-32)9-12-38(34)55(39)47(25-29(47)4)44-49-45(58)63-51-44/h7-12,17-18,21-24,29-30,32H,6,13-16,19-20,25-26H2,1-5H3,(H,49,51,58)/t29-,30?,47-/m0/s1. The van der Waals surface area contributed by atoms with Crippen molar-refractivity contribution in [3.05, 3.63) is 145 Å². The van der Waals surface area contributed by atoms with E-state index in [1.165, 1.54) is 14.7 Å². The Hall–Kier alpha value is -6.33. The highest BCUT2D eigenvalue weighted by atomic mass is 32.2. The molecule has 0 radical (unpaired) electrons. The maximum Gasteiger partial charge on any atom is 0.438 e. The van der Waals surface area contributed by atoms with E-state index in [2.05, 4.69) is 35.3 Å². The van der Waals surface area contributed by atoms with Gasteiger partial charge in [0.05, 0.1) is 28.9 Å². The molecule has 2 aliphatic heterocycles. The minimum Gasteiger partial charge on any atom is -0.381 e. The maximum atomic E-state index is 15.4. The fourth-order valence-corrected chi connectivity index (χ4v) is 11.0. The average Bonchev–Trinajstić information content (AvgIpc) is 3.78. The number of nitrogens with zero attached hydrogens (tertiary/aromatic N) is 7. The SMILES string of the molecule is CCS(=O)(=O)Cc1ccc(-n2ccn(-c3c4c(nn3-c3cc(C)c(F)c(C)c3)CCN(C(=O)c3cc5cc(C6CCOCC6)ccc5n3[C@@]3(c5noc(=O)[nH]5)C[C@@H]3C)C4C)c2=O)cc1. The molecule has 64 heavy (non-hydrogen) atoms. The first-order chi connectivity index (χ1) is 30.7. The lowest BCUT2D eigenvalue weighted by Crippen LogP contribution is -2.41. The average molecular weight is 889 g/mol. The van der Waals surface area contributed by atoms with Crippen molar-refractivity contribution < 1.29 is 26.9 Å². The molecule has 6 heterocycles. The van der Waals surface area contributed by atoms with Crippen LogP contribution in [-0.4, -0.2) is 78.4 Å². The van der Waals surface area contributed by atoms with Gasteiger partial charge in [0.25, 0.3) is 5.91 Å². The number of nitrogens with one attached hydrogen (secondary N) is 1. The molecule has 1 unspecified atom stereocenters. The number of amides is 1. The summed E-state index contributed by atoms with van der Waals surface area (Å²) in [6.45, 7) is 10.7. The van der Waals surface area contributed by atoms with Crippen LogP contribution in [0.5, 0.6) is 0 Å². The molecule has 4 aromatic heterocycles. The van der Waals surface area contributed by atoms with Crippen LogP contribution in [0.15, 0.2) is 87.2 Å². The Bertz CT molecular complexity index is 3200. The monoisotopic (exact) mass is 888 g/mol. The number of aromatic amines is 1. The molecule has 0 spiro atoms. The quantitative estimate of drug-likeness (QED) is 0.159. The summed E-state index contributed by atoms with van der Waals surface area (Å²) >= 11 is 0. The zero-order chi connectivity index (χ0) is 44.8. The van der Waals surface area contributed by atoms with Gasteiger partial charge in [0.2, 0.25) is 0 Å². The molecule has 17 heteroatoms. The molecule has 1 aliphatic carbocycles. The van der Waals surface area contributed by atoms with E-state index in [1.54, 1.807) is 79.1 Å². The van der Waals surface area contributed by atoms with Gasteiger partial charge in [0, 0.05) is 60.8 Å². The second kappa shape index (κ2) is 15.4. The lowest BCUT2D eigenvalue weighted by Gasteiger charge is -2.34. The van der Waals surface area contributed by atoms with Gasteiger partial charge in [-0.2, -0.15) is 5.10 Å². The maximum absolute atomic E-state index is 15.4. The predicted molar refractivity (Wildman–Crippen MR) is 237 cm³/mol. The molecule has 3 aromatic carbocycles. The molecule has 2 fully saturated rings. The number of H-pyrrole nitrogens is 1. The van der Waals surface area contributed by atoms with Gasteiger partial charge in [0.15, 0.2) is 15.7 Å². The van der Waals surface area contributed by atoms with Gasteiger partial charge >= 0.3 is 11.4 Å². The van der Waals surface area contributed by atoms with Gasteiger partial charge in [-0.3, -0.25) is 23.4 Å². The first-order valence-electron chi connectivity index (χ1n) is 21.8. The number of hydrogen-bond acceptors (Lipinski definition) is 9. The number of sulfone groups is 1. The molecule has 1 saturated heterocycles. The summed E-state index contributed by atoms with van der Waals surface area (Å²) in [5.41, 5.74) is 5.08. The van der Waals surface area contributed by atoms with Crippen LogP contribution in [0, 0.1) is 25.6 Å². The van der Waals surface area contributed by atoms with Crippen molar-refractivity contribution in [3.63, 3.8) is 0 Å². The smallest absolute Gasteiger partial charge is 0.381 e. The van der Waals surface area contributed by atoms with Gasteiger partial charge in [-0.15, -0.1) is 0 Å². The molecule has 15 nitrogen and oxygen atoms in total. The lowest BCUT2D eigenvalue weighted by molar-refractivity contribution is 0.0663. The molecule has 332 valence electrons. The summed E-state index contributed by atoms with van der Waals surface area (Å²) in [6.07, 6.45) is 6.09. The fourth-order valence-electron chi connectivity index (χ4n) is 10.1. The second-order valence-electron chi connectivity index (χ2n) is 17.6. The Morgan fingerprint density at radius 1 is 0.953 bits per heavy atom. The van der Waals surface area contributed by atoms with Crippen molar-refractivity contribution in [3.8, 4) is 17.2 Å². The van der Waals surface area contributed by atoms with Crippen molar-refractivity contribution >= 4 is 26.6 Å². The first-order valence-corrected chi connectivity index (χ1v) is 23.6. The molecule has 10 rings (SSSR count). The number of halogens is 1. The molecule has 7 aromatic rings. The number of imidazole rings is 1. The van der Waals surface area contributed by atoms with Crippen molar-refractivity contribution in [2.45, 2.75) is 83.6 Å². The number of aryl methyl sites for hydroxylation is 2. The van der Waals surface area contributed by atoms with Gasteiger partial charge in [-0.25, -0.2) is 27.1 Å². The van der Waals surface area contributed by atoms with Crippen LogP contribution in [0.3, 0.4) is 0 Å². The molecule has 3 atom stereocenters. The summed E-state index contributed by atoms with van der Waals surface area (Å²) in [5, 5.41) is 10.1. The van der Waals surface area contributed by atoms with Crippen molar-refractivity contribution in [1.82, 2.24) is 38.5 Å². The Labute approximate surface area is 368 Å². The molecule has 3 aliphatic rings. The molecular weight excluding hydrogens is 840 g/mol. The van der Waals surface area contributed by atoms with Crippen LogP contribution in [0.25, 0.3) is 28.1 Å². The van der Waals surface area contributed by atoms with Crippen molar-refractivity contribution in [2.75, 3.05) is 25.5 Å². The molecule has 1 amide bonds. The number of rotatable bonds is 10. The van der Waals surface area contributed by atoms with Crippen LogP contribution in [0.2, 0.25) is 0 Å². The Morgan fingerprint density at radius 3 is 2.31 bits per heavy atom. The van der Waals surface area contributed by atoms with E-state index in [-0.39, 0.29) is 29.1 Å². The Balaban J connectivity index is 1.10. The zero-order valence-electron chi connectivity index (χ0n) is 36.3. The number of carbonyl (C=O) groups excluding carboxylic acids is 1. The van der Waals surface area contributed by atoms with Gasteiger partial charge in [-0.05, 0) is 117 Å². The second-order valence-corrected chi connectivity index (χ2v) is 20.0. The van der Waals surface area contributed by atoms with E-state index in [0.29, 0.717) is 95.2 Å². The minimum atomic E-state index is -3.26. The van der Waals surface area contributed by atoms with Crippen LogP contribution in [0.1, 0.15) is 102 Å². The summed E-state index contributed by atoms with van der Waals surface area (Å²) < 4.78 is 57.1. The first kappa shape index (κ1) is 41.7. The highest BCUT2D eigenvalue weighted by Gasteiger charge is 2.59. The number of benzene rings is 3.